The predicted molar refractivity (Wildman–Crippen MR) is 118 cm³/mol. The molecule has 2 saturated heterocycles. The first-order valence-electron chi connectivity index (χ1n) is 10.9. The quantitative estimate of drug-likeness (QED) is 0.639. The number of hydrogen-bond donors (Lipinski definition) is 0. The molecule has 2 aromatic carbocycles. The molecule has 2 heterocycles. The van der Waals surface area contributed by atoms with E-state index in [1.54, 1.807) is 12.1 Å². The number of carbonyl (C=O) groups is 2. The minimum atomic E-state index is -3.67. The van der Waals surface area contributed by atoms with Crippen molar-refractivity contribution < 1.29 is 22.4 Å². The molecule has 0 saturated carbocycles. The Morgan fingerprint density at radius 1 is 0.906 bits per heavy atom. The number of benzene rings is 2. The topological polar surface area (TPSA) is 74.8 Å². The van der Waals surface area contributed by atoms with Crippen molar-refractivity contribution in [2.45, 2.75) is 43.5 Å². The van der Waals surface area contributed by atoms with Gasteiger partial charge in [0.25, 0.3) is 0 Å². The molecular weight excluding hydrogens is 431 g/mol. The predicted octanol–water partition coefficient (Wildman–Crippen LogP) is 3.79. The van der Waals surface area contributed by atoms with Crippen LogP contribution in [0.25, 0.3) is 0 Å². The molecule has 0 radical (unpaired) electrons. The van der Waals surface area contributed by atoms with Gasteiger partial charge in [0.05, 0.1) is 10.9 Å². The van der Waals surface area contributed by atoms with Gasteiger partial charge >= 0.3 is 0 Å². The first-order valence-corrected chi connectivity index (χ1v) is 12.4. The third-order valence-electron chi connectivity index (χ3n) is 6.49. The maximum absolute atomic E-state index is 13.3. The smallest absolute Gasteiger partial charge is 0.243 e. The van der Waals surface area contributed by atoms with Crippen molar-refractivity contribution in [2.24, 2.45) is 5.92 Å². The molecule has 1 atom stereocenters. The summed E-state index contributed by atoms with van der Waals surface area (Å²) in [6.07, 6.45) is 2.69. The molecule has 2 aromatic rings. The first kappa shape index (κ1) is 22.6. The van der Waals surface area contributed by atoms with Crippen LogP contribution in [0.4, 0.5) is 4.39 Å². The molecule has 1 unspecified atom stereocenters. The van der Waals surface area contributed by atoms with Crippen molar-refractivity contribution in [1.29, 1.82) is 0 Å². The van der Waals surface area contributed by atoms with E-state index in [0.29, 0.717) is 24.9 Å². The van der Waals surface area contributed by atoms with Gasteiger partial charge in [0.1, 0.15) is 5.82 Å². The molecular formula is C24H27FN2O4S. The summed E-state index contributed by atoms with van der Waals surface area (Å²) in [6, 6.07) is 12.2. The Balaban J connectivity index is 1.41. The summed E-state index contributed by atoms with van der Waals surface area (Å²) in [6.45, 7) is 2.67. The maximum Gasteiger partial charge on any atom is 0.243 e. The fourth-order valence-corrected chi connectivity index (χ4v) is 6.12. The Morgan fingerprint density at radius 3 is 2.12 bits per heavy atom. The third-order valence-corrected chi connectivity index (χ3v) is 8.41. The van der Waals surface area contributed by atoms with Gasteiger partial charge in [0.15, 0.2) is 5.78 Å². The average Bonchev–Trinajstić information content (AvgIpc) is 3.29. The van der Waals surface area contributed by atoms with Gasteiger partial charge in [-0.15, -0.1) is 0 Å². The number of likely N-dealkylation sites (tertiary alicyclic amines) is 1. The molecule has 0 bridgehead atoms. The van der Waals surface area contributed by atoms with Crippen molar-refractivity contribution in [2.75, 3.05) is 19.6 Å². The van der Waals surface area contributed by atoms with Crippen molar-refractivity contribution in [3.8, 4) is 0 Å². The number of Topliss-reactive ketones (excluding diaryl/α,β-unsaturated/α-hetero) is 1. The molecule has 8 heteroatoms. The Kier molecular flexibility index (Phi) is 6.44. The van der Waals surface area contributed by atoms with Crippen LogP contribution in [0.1, 0.15) is 54.6 Å². The van der Waals surface area contributed by atoms with Crippen LogP contribution in [-0.4, -0.2) is 48.9 Å². The Morgan fingerprint density at radius 2 is 1.53 bits per heavy atom. The number of amides is 1. The normalized spacial score (nSPS) is 20.4. The molecule has 0 spiro atoms. The first-order chi connectivity index (χ1) is 15.3. The Bertz CT molecular complexity index is 1090. The molecule has 170 valence electrons. The van der Waals surface area contributed by atoms with Crippen LogP contribution in [-0.2, 0) is 14.8 Å². The molecule has 2 aliphatic rings. The molecule has 1 amide bonds. The van der Waals surface area contributed by atoms with Crippen LogP contribution in [0.5, 0.6) is 0 Å². The Labute approximate surface area is 188 Å². The number of carbonyl (C=O) groups excluding carboxylic acids is 2. The van der Waals surface area contributed by atoms with Gasteiger partial charge in [-0.05, 0) is 62.4 Å². The summed E-state index contributed by atoms with van der Waals surface area (Å²) in [5, 5.41) is 0. The summed E-state index contributed by atoms with van der Waals surface area (Å²) in [5.74, 6) is -0.578. The minimum Gasteiger partial charge on any atom is -0.335 e. The summed E-state index contributed by atoms with van der Waals surface area (Å²) in [4.78, 5) is 26.7. The van der Waals surface area contributed by atoms with Gasteiger partial charge in [-0.2, -0.15) is 4.31 Å². The number of ketones is 1. The fourth-order valence-electron chi connectivity index (χ4n) is 4.65. The lowest BCUT2D eigenvalue weighted by Gasteiger charge is -2.34. The van der Waals surface area contributed by atoms with Gasteiger partial charge in [0.2, 0.25) is 15.9 Å². The van der Waals surface area contributed by atoms with E-state index in [0.717, 1.165) is 18.4 Å². The molecule has 2 aliphatic heterocycles. The van der Waals surface area contributed by atoms with Crippen LogP contribution in [0.2, 0.25) is 0 Å². The van der Waals surface area contributed by atoms with E-state index in [2.05, 4.69) is 0 Å². The lowest BCUT2D eigenvalue weighted by molar-refractivity contribution is -0.137. The number of halogens is 1. The van der Waals surface area contributed by atoms with Gasteiger partial charge in [-0.25, -0.2) is 12.8 Å². The highest BCUT2D eigenvalue weighted by Crippen LogP contribution is 2.35. The van der Waals surface area contributed by atoms with Gasteiger partial charge in [0, 0.05) is 31.1 Å². The highest BCUT2D eigenvalue weighted by atomic mass is 32.2. The number of nitrogens with zero attached hydrogens (tertiary/aromatic N) is 2. The maximum atomic E-state index is 13.3. The lowest BCUT2D eigenvalue weighted by Crippen LogP contribution is -2.44. The molecule has 32 heavy (non-hydrogen) atoms. The standard InChI is InChI=1S/C24H27FN2O4S/c1-17(28)18-6-10-22(11-7-18)32(30,31)26-15-12-20(13-16-26)24(29)27-14-2-3-23(27)19-4-8-21(25)9-5-19/h4-11,20,23H,2-3,12-16H2,1H3. The monoisotopic (exact) mass is 458 g/mol. The highest BCUT2D eigenvalue weighted by Gasteiger charge is 2.37. The van der Waals surface area contributed by atoms with E-state index in [9.17, 15) is 22.4 Å². The van der Waals surface area contributed by atoms with E-state index in [4.69, 9.17) is 0 Å². The number of hydrogen-bond acceptors (Lipinski definition) is 4. The SMILES string of the molecule is CC(=O)c1ccc(S(=O)(=O)N2CCC(C(=O)N3CCCC3c3ccc(F)cc3)CC2)cc1. The molecule has 0 aromatic heterocycles. The zero-order chi connectivity index (χ0) is 22.9. The number of piperidine rings is 1. The van der Waals surface area contributed by atoms with Gasteiger partial charge < -0.3 is 4.90 Å². The van der Waals surface area contributed by atoms with Gasteiger partial charge in [-0.3, -0.25) is 9.59 Å². The van der Waals surface area contributed by atoms with Crippen LogP contribution in [0.3, 0.4) is 0 Å². The summed E-state index contributed by atoms with van der Waals surface area (Å²) < 4.78 is 40.7. The van der Waals surface area contributed by atoms with Crippen LogP contribution in [0.15, 0.2) is 53.4 Å². The zero-order valence-electron chi connectivity index (χ0n) is 18.0. The lowest BCUT2D eigenvalue weighted by atomic mass is 9.95. The molecule has 6 nitrogen and oxygen atoms in total. The summed E-state index contributed by atoms with van der Waals surface area (Å²) in [7, 11) is -3.67. The van der Waals surface area contributed by atoms with E-state index < -0.39 is 10.0 Å². The highest BCUT2D eigenvalue weighted by molar-refractivity contribution is 7.89. The second kappa shape index (κ2) is 9.11. The van der Waals surface area contributed by atoms with Crippen molar-refractivity contribution in [3.05, 3.63) is 65.5 Å². The van der Waals surface area contributed by atoms with E-state index >= 15 is 0 Å². The second-order valence-electron chi connectivity index (χ2n) is 8.50. The second-order valence-corrected chi connectivity index (χ2v) is 10.4. The fraction of sp³-hybridized carbons (Fsp3) is 0.417. The van der Waals surface area contributed by atoms with Crippen LogP contribution < -0.4 is 0 Å². The molecule has 0 N–H and O–H groups in total. The molecule has 0 aliphatic carbocycles. The Hall–Kier alpha value is -2.58. The van der Waals surface area contributed by atoms with Crippen LogP contribution in [0, 0.1) is 11.7 Å². The zero-order valence-corrected chi connectivity index (χ0v) is 18.9. The average molecular weight is 459 g/mol. The van der Waals surface area contributed by atoms with E-state index in [1.807, 2.05) is 4.90 Å². The summed E-state index contributed by atoms with van der Waals surface area (Å²) in [5.41, 5.74) is 1.40. The summed E-state index contributed by atoms with van der Waals surface area (Å²) >= 11 is 0. The van der Waals surface area contributed by atoms with Gasteiger partial charge in [-0.1, -0.05) is 24.3 Å². The largest absolute Gasteiger partial charge is 0.335 e. The van der Waals surface area contributed by atoms with Crippen molar-refractivity contribution >= 4 is 21.7 Å². The van der Waals surface area contributed by atoms with E-state index in [1.165, 1.54) is 47.6 Å². The van der Waals surface area contributed by atoms with Crippen LogP contribution >= 0.6 is 0 Å². The minimum absolute atomic E-state index is 0.0512. The number of rotatable bonds is 5. The molecule has 2 fully saturated rings. The van der Waals surface area contributed by atoms with Crippen molar-refractivity contribution in [1.82, 2.24) is 9.21 Å². The number of sulfonamides is 1. The molecule has 4 rings (SSSR count). The third kappa shape index (κ3) is 4.47. The van der Waals surface area contributed by atoms with Crippen molar-refractivity contribution in [3.63, 3.8) is 0 Å². The van der Waals surface area contributed by atoms with E-state index in [-0.39, 0.29) is 47.5 Å².